The van der Waals surface area contributed by atoms with Gasteiger partial charge in [0.25, 0.3) is 0 Å². The smallest absolute Gasteiger partial charge is 0.406 e. The van der Waals surface area contributed by atoms with Gasteiger partial charge in [0.2, 0.25) is 0 Å². The molecule has 0 aromatic carbocycles. The highest BCUT2D eigenvalue weighted by Gasteiger charge is 1.97. The third kappa shape index (κ3) is 14.6. The molecule has 0 aliphatic rings. The minimum Gasteiger partial charge on any atom is -0.465 e. The number of ether oxygens (including phenoxy) is 1. The number of carbonyl (C=O) groups is 2. The van der Waals surface area contributed by atoms with Crippen molar-refractivity contribution < 1.29 is 19.4 Å². The Balaban J connectivity index is 3.03. The molecular weight excluding hydrogens is 260 g/mol. The van der Waals surface area contributed by atoms with Gasteiger partial charge in [0, 0.05) is 13.1 Å². The Labute approximate surface area is 121 Å². The highest BCUT2D eigenvalue weighted by atomic mass is 16.5. The van der Waals surface area contributed by atoms with Crippen LogP contribution >= 0.6 is 0 Å². The van der Waals surface area contributed by atoms with E-state index in [9.17, 15) is 9.59 Å². The summed E-state index contributed by atoms with van der Waals surface area (Å²) in [6.07, 6.45) is 8.89. The van der Waals surface area contributed by atoms with Crippen molar-refractivity contribution >= 4 is 12.2 Å². The second kappa shape index (κ2) is 14.0. The fourth-order valence-electron chi connectivity index (χ4n) is 1.95. The highest BCUT2D eigenvalue weighted by molar-refractivity contribution is 5.66. The largest absolute Gasteiger partial charge is 0.465 e. The lowest BCUT2D eigenvalue weighted by Crippen LogP contribution is -2.23. The van der Waals surface area contributed by atoms with Crippen molar-refractivity contribution in [2.45, 2.75) is 57.8 Å². The van der Waals surface area contributed by atoms with Gasteiger partial charge in [-0.25, -0.2) is 9.59 Å². The maximum absolute atomic E-state index is 10.8. The second-order valence-corrected chi connectivity index (χ2v) is 4.83. The van der Waals surface area contributed by atoms with Crippen LogP contribution < -0.4 is 10.6 Å². The van der Waals surface area contributed by atoms with Crippen molar-refractivity contribution in [1.29, 1.82) is 0 Å². The Kier molecular flexibility index (Phi) is 12.9. The maximum Gasteiger partial charge on any atom is 0.406 e. The molecule has 0 saturated heterocycles. The van der Waals surface area contributed by atoms with Crippen molar-refractivity contribution in [2.75, 3.05) is 20.2 Å². The molecule has 0 bridgehead atoms. The lowest BCUT2D eigenvalue weighted by molar-refractivity contribution is 0.171. The minimum atomic E-state index is -0.938. The number of nitrogens with one attached hydrogen (secondary N) is 2. The van der Waals surface area contributed by atoms with Crippen molar-refractivity contribution in [3.8, 4) is 0 Å². The summed E-state index contributed by atoms with van der Waals surface area (Å²) >= 11 is 0. The standard InChI is InChI=1S/C14H28N2O4/c1-20-14(19)16-12-10-8-6-4-2-3-5-7-9-11-15-13(17)18/h15H,2-12H2,1H3,(H,16,19)(H,17,18). The molecule has 0 aromatic heterocycles. The molecule has 6 heteroatoms. The molecule has 2 amide bonds. The lowest BCUT2D eigenvalue weighted by Gasteiger charge is -2.04. The van der Waals surface area contributed by atoms with Crippen LogP contribution in [0.3, 0.4) is 0 Å². The zero-order valence-corrected chi connectivity index (χ0v) is 12.5. The number of unbranched alkanes of at least 4 members (excludes halogenated alkanes) is 8. The maximum atomic E-state index is 10.8. The van der Waals surface area contributed by atoms with Crippen molar-refractivity contribution in [2.24, 2.45) is 0 Å². The molecule has 0 atom stereocenters. The molecule has 0 unspecified atom stereocenters. The fraction of sp³-hybridized carbons (Fsp3) is 0.857. The van der Waals surface area contributed by atoms with Gasteiger partial charge in [0.1, 0.15) is 0 Å². The molecule has 0 aliphatic heterocycles. The third-order valence-corrected chi connectivity index (χ3v) is 3.08. The van der Waals surface area contributed by atoms with Gasteiger partial charge in [-0.15, -0.1) is 0 Å². The van der Waals surface area contributed by atoms with E-state index in [1.165, 1.54) is 39.2 Å². The Bertz CT molecular complexity index is 260. The van der Waals surface area contributed by atoms with Gasteiger partial charge in [-0.1, -0.05) is 44.9 Å². The number of hydrogen-bond donors (Lipinski definition) is 3. The molecule has 20 heavy (non-hydrogen) atoms. The van der Waals surface area contributed by atoms with E-state index in [-0.39, 0.29) is 6.09 Å². The molecule has 0 aromatic rings. The molecule has 0 rings (SSSR count). The van der Waals surface area contributed by atoms with Gasteiger partial charge in [-0.2, -0.15) is 0 Å². The van der Waals surface area contributed by atoms with Crippen LogP contribution in [0.2, 0.25) is 0 Å². The van der Waals surface area contributed by atoms with E-state index in [2.05, 4.69) is 15.4 Å². The Hall–Kier alpha value is -1.46. The van der Waals surface area contributed by atoms with Gasteiger partial charge in [0.15, 0.2) is 0 Å². The van der Waals surface area contributed by atoms with Crippen LogP contribution in [0.4, 0.5) is 9.59 Å². The first kappa shape index (κ1) is 18.5. The second-order valence-electron chi connectivity index (χ2n) is 4.83. The zero-order valence-electron chi connectivity index (χ0n) is 12.5. The van der Waals surface area contributed by atoms with Crippen molar-refractivity contribution in [1.82, 2.24) is 10.6 Å². The zero-order chi connectivity index (χ0) is 15.1. The van der Waals surface area contributed by atoms with E-state index in [4.69, 9.17) is 5.11 Å². The topological polar surface area (TPSA) is 87.7 Å². The monoisotopic (exact) mass is 288 g/mol. The normalized spacial score (nSPS) is 10.1. The fourth-order valence-corrected chi connectivity index (χ4v) is 1.95. The van der Waals surface area contributed by atoms with Gasteiger partial charge in [-0.3, -0.25) is 0 Å². The number of carboxylic acid groups (broad SMARTS) is 1. The van der Waals surface area contributed by atoms with E-state index >= 15 is 0 Å². The van der Waals surface area contributed by atoms with Crippen LogP contribution in [0, 0.1) is 0 Å². The molecule has 0 fully saturated rings. The predicted molar refractivity (Wildman–Crippen MR) is 78.0 cm³/mol. The first-order valence-electron chi connectivity index (χ1n) is 7.45. The Morgan fingerprint density at radius 2 is 1.20 bits per heavy atom. The minimum absolute atomic E-state index is 0.359. The predicted octanol–water partition coefficient (Wildman–Crippen LogP) is 3.12. The number of methoxy groups -OCH3 is 1. The summed E-state index contributed by atoms with van der Waals surface area (Å²) in [5.41, 5.74) is 0. The van der Waals surface area contributed by atoms with Gasteiger partial charge in [-0.05, 0) is 12.8 Å². The van der Waals surface area contributed by atoms with E-state index in [1.807, 2.05) is 0 Å². The molecule has 3 N–H and O–H groups in total. The Morgan fingerprint density at radius 3 is 1.60 bits per heavy atom. The van der Waals surface area contributed by atoms with Crippen molar-refractivity contribution in [3.05, 3.63) is 0 Å². The summed E-state index contributed by atoms with van der Waals surface area (Å²) in [4.78, 5) is 21.0. The van der Waals surface area contributed by atoms with Crippen LogP contribution in [0.15, 0.2) is 0 Å². The van der Waals surface area contributed by atoms with E-state index in [1.54, 1.807) is 0 Å². The molecule has 6 nitrogen and oxygen atoms in total. The molecule has 118 valence electrons. The molecule has 0 heterocycles. The summed E-state index contributed by atoms with van der Waals surface area (Å²) in [6.45, 7) is 1.24. The Morgan fingerprint density at radius 1 is 0.800 bits per heavy atom. The van der Waals surface area contributed by atoms with Gasteiger partial charge in [0.05, 0.1) is 7.11 Å². The van der Waals surface area contributed by atoms with Crippen LogP contribution in [0.1, 0.15) is 57.8 Å². The SMILES string of the molecule is COC(=O)NCCCCCCCCCCCNC(=O)O. The van der Waals surface area contributed by atoms with Crippen LogP contribution in [0.25, 0.3) is 0 Å². The summed E-state index contributed by atoms with van der Waals surface area (Å²) < 4.78 is 4.48. The molecule has 0 saturated carbocycles. The summed E-state index contributed by atoms with van der Waals surface area (Å²) in [5, 5.41) is 13.4. The molecule has 0 radical (unpaired) electrons. The average Bonchev–Trinajstić information content (AvgIpc) is 2.43. The average molecular weight is 288 g/mol. The summed E-state index contributed by atoms with van der Waals surface area (Å²) in [5.74, 6) is 0. The molecular formula is C14H28N2O4. The van der Waals surface area contributed by atoms with E-state index in [0.717, 1.165) is 25.7 Å². The van der Waals surface area contributed by atoms with Crippen LogP contribution in [0.5, 0.6) is 0 Å². The molecule has 0 aliphatic carbocycles. The quantitative estimate of drug-likeness (QED) is 0.481. The number of alkyl carbamates (subject to hydrolysis) is 1. The highest BCUT2D eigenvalue weighted by Crippen LogP contribution is 2.09. The van der Waals surface area contributed by atoms with Crippen molar-refractivity contribution in [3.63, 3.8) is 0 Å². The van der Waals surface area contributed by atoms with Crippen LogP contribution in [-0.4, -0.2) is 37.5 Å². The van der Waals surface area contributed by atoms with E-state index < -0.39 is 6.09 Å². The van der Waals surface area contributed by atoms with Gasteiger partial charge >= 0.3 is 12.2 Å². The first-order chi connectivity index (χ1) is 9.66. The number of hydrogen-bond acceptors (Lipinski definition) is 3. The lowest BCUT2D eigenvalue weighted by atomic mass is 10.1. The summed E-state index contributed by atoms with van der Waals surface area (Å²) in [6, 6.07) is 0. The molecule has 0 spiro atoms. The van der Waals surface area contributed by atoms with Gasteiger partial charge < -0.3 is 20.5 Å². The number of amides is 2. The van der Waals surface area contributed by atoms with E-state index in [0.29, 0.717) is 13.1 Å². The third-order valence-electron chi connectivity index (χ3n) is 3.08. The summed E-state index contributed by atoms with van der Waals surface area (Å²) in [7, 11) is 1.37. The number of rotatable bonds is 12. The number of carbonyl (C=O) groups excluding carboxylic acids is 1. The van der Waals surface area contributed by atoms with Crippen LogP contribution in [-0.2, 0) is 4.74 Å². The first-order valence-corrected chi connectivity index (χ1v) is 7.45.